The van der Waals surface area contributed by atoms with Gasteiger partial charge in [-0.05, 0) is 25.0 Å². The standard InChI is InChI=1S/C18H18ClN3O2S/c19-12-4-1-3-11(7-12)14-10-25-18(21-14)16-15(23)9-22(17(16)20)8-13-5-2-6-24-13/h1,3-4,7,10,13,20,23H,2,5-6,8-9H2. The summed E-state index contributed by atoms with van der Waals surface area (Å²) in [6.45, 7) is 1.77. The van der Waals surface area contributed by atoms with Gasteiger partial charge in [-0.1, -0.05) is 23.7 Å². The maximum atomic E-state index is 10.4. The minimum absolute atomic E-state index is 0.144. The topological polar surface area (TPSA) is 69.4 Å². The molecule has 5 nitrogen and oxygen atoms in total. The molecule has 2 aromatic rings. The lowest BCUT2D eigenvalue weighted by molar-refractivity contribution is 0.0924. The van der Waals surface area contributed by atoms with Crippen LogP contribution in [0.5, 0.6) is 0 Å². The molecule has 1 aromatic heterocycles. The fourth-order valence-corrected chi connectivity index (χ4v) is 4.30. The molecule has 1 fully saturated rings. The second kappa shape index (κ2) is 6.78. The van der Waals surface area contributed by atoms with Crippen molar-refractivity contribution in [3.63, 3.8) is 0 Å². The minimum atomic E-state index is 0.144. The van der Waals surface area contributed by atoms with Crippen molar-refractivity contribution in [2.75, 3.05) is 19.7 Å². The number of nitrogens with zero attached hydrogens (tertiary/aromatic N) is 2. The highest BCUT2D eigenvalue weighted by molar-refractivity contribution is 7.11. The summed E-state index contributed by atoms with van der Waals surface area (Å²) >= 11 is 7.48. The molecule has 1 aromatic carbocycles. The van der Waals surface area contributed by atoms with E-state index in [0.29, 0.717) is 34.5 Å². The Balaban J connectivity index is 1.55. The molecule has 2 aliphatic heterocycles. The third-order valence-corrected chi connectivity index (χ3v) is 5.56. The van der Waals surface area contributed by atoms with Crippen molar-refractivity contribution in [1.82, 2.24) is 9.88 Å². The van der Waals surface area contributed by atoms with Gasteiger partial charge in [0.1, 0.15) is 16.6 Å². The summed E-state index contributed by atoms with van der Waals surface area (Å²) in [4.78, 5) is 6.48. The lowest BCUT2D eigenvalue weighted by Gasteiger charge is -2.21. The molecule has 4 rings (SSSR count). The number of aliphatic hydroxyl groups excluding tert-OH is 1. The lowest BCUT2D eigenvalue weighted by Crippen LogP contribution is -2.34. The van der Waals surface area contributed by atoms with Crippen LogP contribution in [0.1, 0.15) is 17.8 Å². The number of hydrogen-bond acceptors (Lipinski definition) is 5. The number of amidine groups is 1. The maximum absolute atomic E-state index is 10.4. The number of aromatic nitrogens is 1. The molecule has 3 heterocycles. The normalized spacial score (nSPS) is 20.8. The van der Waals surface area contributed by atoms with E-state index in [1.165, 1.54) is 11.3 Å². The van der Waals surface area contributed by atoms with Gasteiger partial charge in [0, 0.05) is 29.1 Å². The summed E-state index contributed by atoms with van der Waals surface area (Å²) in [5.74, 6) is 0.523. The Morgan fingerprint density at radius 1 is 1.44 bits per heavy atom. The van der Waals surface area contributed by atoms with Gasteiger partial charge in [0.05, 0.1) is 23.9 Å². The van der Waals surface area contributed by atoms with E-state index in [0.717, 1.165) is 30.7 Å². The number of benzene rings is 1. The number of rotatable bonds is 4. The Kier molecular flexibility index (Phi) is 4.50. The second-order valence-electron chi connectivity index (χ2n) is 6.23. The molecule has 7 heteroatoms. The number of ether oxygens (including phenoxy) is 1. The van der Waals surface area contributed by atoms with Gasteiger partial charge in [-0.25, -0.2) is 4.98 Å². The Morgan fingerprint density at radius 2 is 2.32 bits per heavy atom. The molecule has 0 amide bonds. The molecule has 1 saturated heterocycles. The van der Waals surface area contributed by atoms with E-state index in [1.807, 2.05) is 34.5 Å². The zero-order valence-corrected chi connectivity index (χ0v) is 15.1. The van der Waals surface area contributed by atoms with Crippen LogP contribution in [0.2, 0.25) is 5.02 Å². The first kappa shape index (κ1) is 16.6. The van der Waals surface area contributed by atoms with Crippen LogP contribution in [-0.4, -0.2) is 46.6 Å². The summed E-state index contributed by atoms with van der Waals surface area (Å²) in [5, 5.41) is 22.1. The van der Waals surface area contributed by atoms with Gasteiger partial charge >= 0.3 is 0 Å². The lowest BCUT2D eigenvalue weighted by atomic mass is 10.2. The number of nitrogens with one attached hydrogen (secondary N) is 1. The second-order valence-corrected chi connectivity index (χ2v) is 7.53. The van der Waals surface area contributed by atoms with E-state index < -0.39 is 0 Å². The van der Waals surface area contributed by atoms with Crippen LogP contribution < -0.4 is 0 Å². The van der Waals surface area contributed by atoms with Crippen molar-refractivity contribution in [3.05, 3.63) is 45.4 Å². The van der Waals surface area contributed by atoms with E-state index in [4.69, 9.17) is 21.7 Å². The summed E-state index contributed by atoms with van der Waals surface area (Å²) in [6, 6.07) is 7.51. The average molecular weight is 376 g/mol. The number of thiazole rings is 1. The SMILES string of the molecule is N=C1C(c2nc(-c3cccc(Cl)c3)cs2)=C(O)CN1CC1CCCO1. The van der Waals surface area contributed by atoms with Crippen molar-refractivity contribution in [2.24, 2.45) is 0 Å². The van der Waals surface area contributed by atoms with E-state index in [2.05, 4.69) is 4.98 Å². The molecule has 1 atom stereocenters. The molecule has 2 aliphatic rings. The van der Waals surface area contributed by atoms with E-state index in [1.54, 1.807) is 0 Å². The third-order valence-electron chi connectivity index (χ3n) is 4.47. The Morgan fingerprint density at radius 3 is 3.08 bits per heavy atom. The van der Waals surface area contributed by atoms with Crippen molar-refractivity contribution in [1.29, 1.82) is 5.41 Å². The highest BCUT2D eigenvalue weighted by Crippen LogP contribution is 2.33. The Labute approximate surface area is 155 Å². The minimum Gasteiger partial charge on any atom is -0.510 e. The molecule has 0 saturated carbocycles. The number of halogens is 1. The van der Waals surface area contributed by atoms with Crippen LogP contribution in [-0.2, 0) is 4.74 Å². The van der Waals surface area contributed by atoms with Crippen LogP contribution in [0.25, 0.3) is 16.8 Å². The zero-order valence-electron chi connectivity index (χ0n) is 13.5. The molecule has 0 radical (unpaired) electrons. The van der Waals surface area contributed by atoms with Crippen molar-refractivity contribution in [3.8, 4) is 11.3 Å². The molecule has 130 valence electrons. The predicted octanol–water partition coefficient (Wildman–Crippen LogP) is 4.20. The van der Waals surface area contributed by atoms with Gasteiger partial charge in [0.2, 0.25) is 0 Å². The first-order valence-corrected chi connectivity index (χ1v) is 9.47. The highest BCUT2D eigenvalue weighted by atomic mass is 35.5. The summed E-state index contributed by atoms with van der Waals surface area (Å²) in [5.41, 5.74) is 2.25. The third kappa shape index (κ3) is 3.29. The van der Waals surface area contributed by atoms with Crippen molar-refractivity contribution < 1.29 is 9.84 Å². The van der Waals surface area contributed by atoms with Crippen LogP contribution in [0.15, 0.2) is 35.4 Å². The maximum Gasteiger partial charge on any atom is 0.135 e. The quantitative estimate of drug-likeness (QED) is 0.840. The largest absolute Gasteiger partial charge is 0.510 e. The smallest absolute Gasteiger partial charge is 0.135 e. The molecule has 0 aliphatic carbocycles. The van der Waals surface area contributed by atoms with Gasteiger partial charge < -0.3 is 14.7 Å². The van der Waals surface area contributed by atoms with E-state index >= 15 is 0 Å². The monoisotopic (exact) mass is 375 g/mol. The average Bonchev–Trinajstić information content (AvgIpc) is 3.30. The molecule has 1 unspecified atom stereocenters. The summed E-state index contributed by atoms with van der Waals surface area (Å²) < 4.78 is 5.65. The van der Waals surface area contributed by atoms with Crippen LogP contribution >= 0.6 is 22.9 Å². The van der Waals surface area contributed by atoms with Gasteiger partial charge in [-0.3, -0.25) is 5.41 Å². The van der Waals surface area contributed by atoms with E-state index in [-0.39, 0.29) is 11.9 Å². The molecule has 0 bridgehead atoms. The van der Waals surface area contributed by atoms with Gasteiger partial charge in [-0.2, -0.15) is 0 Å². The number of aliphatic hydroxyl groups is 1. The summed E-state index contributed by atoms with van der Waals surface area (Å²) in [7, 11) is 0. The Hall–Kier alpha value is -1.89. The fraction of sp³-hybridized carbons (Fsp3) is 0.333. The molecule has 25 heavy (non-hydrogen) atoms. The highest BCUT2D eigenvalue weighted by Gasteiger charge is 2.32. The first-order valence-electron chi connectivity index (χ1n) is 8.21. The van der Waals surface area contributed by atoms with Gasteiger partial charge in [0.15, 0.2) is 0 Å². The van der Waals surface area contributed by atoms with Gasteiger partial charge in [0.25, 0.3) is 0 Å². The summed E-state index contributed by atoms with van der Waals surface area (Å²) in [6.07, 6.45) is 2.22. The predicted molar refractivity (Wildman–Crippen MR) is 100 cm³/mol. The van der Waals surface area contributed by atoms with E-state index in [9.17, 15) is 5.11 Å². The van der Waals surface area contributed by atoms with Crippen LogP contribution in [0.4, 0.5) is 0 Å². The van der Waals surface area contributed by atoms with Crippen molar-refractivity contribution >= 4 is 34.3 Å². The van der Waals surface area contributed by atoms with Crippen LogP contribution in [0, 0.1) is 5.41 Å². The molecular weight excluding hydrogens is 358 g/mol. The van der Waals surface area contributed by atoms with Crippen LogP contribution in [0.3, 0.4) is 0 Å². The Bertz CT molecular complexity index is 842. The number of hydrogen-bond donors (Lipinski definition) is 2. The molecule has 0 spiro atoms. The molecule has 2 N–H and O–H groups in total. The fourth-order valence-electron chi connectivity index (χ4n) is 3.22. The first-order chi connectivity index (χ1) is 12.1. The van der Waals surface area contributed by atoms with Gasteiger partial charge in [-0.15, -0.1) is 11.3 Å². The van der Waals surface area contributed by atoms with Crippen molar-refractivity contribution in [2.45, 2.75) is 18.9 Å². The molecular formula is C18H18ClN3O2S. The zero-order chi connectivity index (χ0) is 17.4.